The van der Waals surface area contributed by atoms with Gasteiger partial charge in [-0.3, -0.25) is 14.4 Å². The summed E-state index contributed by atoms with van der Waals surface area (Å²) in [5.74, 6) is -0.473. The molecule has 0 atom stereocenters. The molecule has 0 fully saturated rings. The van der Waals surface area contributed by atoms with E-state index in [1.54, 1.807) is 43.5 Å². The number of nitriles is 1. The van der Waals surface area contributed by atoms with Crippen LogP contribution in [0.15, 0.2) is 39.6 Å². The van der Waals surface area contributed by atoms with Crippen LogP contribution in [0.1, 0.15) is 49.3 Å². The Hall–Kier alpha value is -2.85. The highest BCUT2D eigenvalue weighted by atomic mass is 79.9. The van der Waals surface area contributed by atoms with Gasteiger partial charge in [0, 0.05) is 15.7 Å². The molecule has 3 rings (SSSR count). The number of rotatable bonds is 3. The molecule has 0 aliphatic rings. The Balaban J connectivity index is 2.28. The fourth-order valence-corrected chi connectivity index (χ4v) is 3.56. The maximum atomic E-state index is 12.6. The van der Waals surface area contributed by atoms with Crippen LogP contribution in [0.4, 0.5) is 0 Å². The molecule has 2 heterocycles. The van der Waals surface area contributed by atoms with E-state index in [1.807, 2.05) is 25.1 Å². The second-order valence-electron chi connectivity index (χ2n) is 7.43. The van der Waals surface area contributed by atoms with Crippen LogP contribution in [0.25, 0.3) is 16.6 Å². The quantitative estimate of drug-likeness (QED) is 0.608. The van der Waals surface area contributed by atoms with Gasteiger partial charge in [0.05, 0.1) is 11.1 Å². The summed E-state index contributed by atoms with van der Waals surface area (Å²) in [5, 5.41) is 12.3. The average molecular weight is 442 g/mol. The van der Waals surface area contributed by atoms with Gasteiger partial charge in [0.2, 0.25) is 0 Å². The molecule has 0 unspecified atom stereocenters. The molecule has 0 amide bonds. The minimum Gasteiger partial charge on any atom is -0.456 e. The number of H-pyrrole nitrogens is 1. The molecule has 0 spiro atoms. The van der Waals surface area contributed by atoms with Gasteiger partial charge in [-0.15, -0.1) is 0 Å². The van der Waals surface area contributed by atoms with Crippen molar-refractivity contribution in [3.63, 3.8) is 0 Å². The summed E-state index contributed by atoms with van der Waals surface area (Å²) < 4.78 is 7.80. The van der Waals surface area contributed by atoms with Crippen LogP contribution in [0, 0.1) is 11.3 Å². The predicted molar refractivity (Wildman–Crippen MR) is 110 cm³/mol. The van der Waals surface area contributed by atoms with Crippen molar-refractivity contribution in [2.45, 2.75) is 39.7 Å². The van der Waals surface area contributed by atoms with Crippen molar-refractivity contribution in [2.75, 3.05) is 0 Å². The first-order valence-electron chi connectivity index (χ1n) is 8.85. The highest BCUT2D eigenvalue weighted by molar-refractivity contribution is 9.10. The van der Waals surface area contributed by atoms with Crippen LogP contribution in [0.5, 0.6) is 0 Å². The van der Waals surface area contributed by atoms with Gasteiger partial charge in [-0.05, 0) is 63.1 Å². The van der Waals surface area contributed by atoms with E-state index in [4.69, 9.17) is 4.74 Å². The van der Waals surface area contributed by atoms with E-state index in [0.717, 1.165) is 12.1 Å². The SMILES string of the molecule is CCc1ccc2c(-c3cc(Br)cc(C(=O)OC(C)(C)C)c3)c(C#N)c(=O)[nH]n12. The second-order valence-corrected chi connectivity index (χ2v) is 8.35. The van der Waals surface area contributed by atoms with Crippen LogP contribution >= 0.6 is 15.9 Å². The van der Waals surface area contributed by atoms with E-state index in [0.29, 0.717) is 26.7 Å². The fourth-order valence-electron chi connectivity index (χ4n) is 3.07. The number of hydrogen-bond donors (Lipinski definition) is 1. The maximum Gasteiger partial charge on any atom is 0.338 e. The molecule has 0 aliphatic carbocycles. The Morgan fingerprint density at radius 2 is 2.00 bits per heavy atom. The minimum atomic E-state index is -0.633. The Morgan fingerprint density at radius 3 is 2.61 bits per heavy atom. The Labute approximate surface area is 170 Å². The topological polar surface area (TPSA) is 87.4 Å². The first-order chi connectivity index (χ1) is 13.1. The van der Waals surface area contributed by atoms with Crippen molar-refractivity contribution in [3.8, 4) is 17.2 Å². The lowest BCUT2D eigenvalue weighted by atomic mass is 9.99. The summed E-state index contributed by atoms with van der Waals surface area (Å²) in [6.07, 6.45) is 0.719. The number of aryl methyl sites for hydroxylation is 1. The van der Waals surface area contributed by atoms with E-state index < -0.39 is 17.1 Å². The van der Waals surface area contributed by atoms with Gasteiger partial charge < -0.3 is 4.74 Å². The molecule has 3 aromatic rings. The fraction of sp³-hybridized carbons (Fsp3) is 0.286. The van der Waals surface area contributed by atoms with Crippen molar-refractivity contribution in [2.24, 2.45) is 0 Å². The number of nitrogens with one attached hydrogen (secondary N) is 1. The smallest absolute Gasteiger partial charge is 0.338 e. The summed E-state index contributed by atoms with van der Waals surface area (Å²) in [6, 6.07) is 10.8. The molecule has 0 bridgehead atoms. The van der Waals surface area contributed by atoms with Crippen molar-refractivity contribution < 1.29 is 9.53 Å². The van der Waals surface area contributed by atoms with E-state index in [9.17, 15) is 14.9 Å². The van der Waals surface area contributed by atoms with Crippen molar-refractivity contribution in [1.82, 2.24) is 9.61 Å². The highest BCUT2D eigenvalue weighted by Crippen LogP contribution is 2.31. The Kier molecular flexibility index (Phi) is 5.18. The largest absolute Gasteiger partial charge is 0.456 e. The standard InChI is InChI=1S/C21H20BrN3O3/c1-5-15-6-7-17-18(16(11-23)19(26)24-25(15)17)12-8-13(10-14(22)9-12)20(27)28-21(2,3)4/h6-10H,5H2,1-4H3,(H,24,26). The first kappa shape index (κ1) is 19.9. The van der Waals surface area contributed by atoms with Crippen molar-refractivity contribution in [3.05, 3.63) is 62.0 Å². The van der Waals surface area contributed by atoms with Gasteiger partial charge in [0.15, 0.2) is 0 Å². The number of esters is 1. The molecule has 0 radical (unpaired) electrons. The van der Waals surface area contributed by atoms with Gasteiger partial charge in [0.1, 0.15) is 17.2 Å². The molecule has 0 aliphatic heterocycles. The molecule has 1 N–H and O–H groups in total. The number of aromatic nitrogens is 2. The molecule has 0 saturated carbocycles. The summed E-state index contributed by atoms with van der Waals surface area (Å²) >= 11 is 3.42. The highest BCUT2D eigenvalue weighted by Gasteiger charge is 2.21. The lowest BCUT2D eigenvalue weighted by molar-refractivity contribution is 0.00695. The monoisotopic (exact) mass is 441 g/mol. The number of aromatic amines is 1. The number of benzene rings is 1. The third kappa shape index (κ3) is 3.73. The van der Waals surface area contributed by atoms with E-state index in [-0.39, 0.29) is 5.56 Å². The lowest BCUT2D eigenvalue weighted by Crippen LogP contribution is -2.24. The number of fused-ring (bicyclic) bond motifs is 1. The maximum absolute atomic E-state index is 12.6. The zero-order chi connectivity index (χ0) is 20.6. The number of carbonyl (C=O) groups excluding carboxylic acids is 1. The summed E-state index contributed by atoms with van der Waals surface area (Å²) in [7, 11) is 0. The number of ether oxygens (including phenoxy) is 1. The predicted octanol–water partition coefficient (Wildman–Crippen LogP) is 4.45. The van der Waals surface area contributed by atoms with Crippen molar-refractivity contribution in [1.29, 1.82) is 5.26 Å². The number of hydrogen-bond acceptors (Lipinski definition) is 4. The van der Waals surface area contributed by atoms with Crippen LogP contribution in [0.2, 0.25) is 0 Å². The molecular weight excluding hydrogens is 422 g/mol. The zero-order valence-electron chi connectivity index (χ0n) is 16.1. The summed E-state index contributed by atoms with van der Waals surface area (Å²) in [6.45, 7) is 7.37. The zero-order valence-corrected chi connectivity index (χ0v) is 17.7. The molecule has 0 saturated heterocycles. The van der Waals surface area contributed by atoms with E-state index >= 15 is 0 Å². The molecule has 7 heteroatoms. The molecule has 2 aromatic heterocycles. The molecular formula is C21H20BrN3O3. The number of halogens is 1. The van der Waals surface area contributed by atoms with Gasteiger partial charge in [-0.1, -0.05) is 22.9 Å². The van der Waals surface area contributed by atoms with Crippen LogP contribution in [0.3, 0.4) is 0 Å². The normalized spacial score (nSPS) is 11.4. The Bertz CT molecular complexity index is 1180. The van der Waals surface area contributed by atoms with Crippen molar-refractivity contribution >= 4 is 27.4 Å². The van der Waals surface area contributed by atoms with Crippen LogP contribution in [-0.2, 0) is 11.2 Å². The van der Waals surface area contributed by atoms with Gasteiger partial charge >= 0.3 is 5.97 Å². The molecule has 28 heavy (non-hydrogen) atoms. The molecule has 1 aromatic carbocycles. The van der Waals surface area contributed by atoms with Gasteiger partial charge in [-0.25, -0.2) is 4.79 Å². The van der Waals surface area contributed by atoms with Gasteiger partial charge in [-0.2, -0.15) is 5.26 Å². The average Bonchev–Trinajstić information content (AvgIpc) is 3.00. The Morgan fingerprint density at radius 1 is 1.29 bits per heavy atom. The first-order valence-corrected chi connectivity index (χ1v) is 9.65. The minimum absolute atomic E-state index is 0.00138. The lowest BCUT2D eigenvalue weighted by Gasteiger charge is -2.20. The number of carbonyl (C=O) groups is 1. The molecule has 144 valence electrons. The number of nitrogens with zero attached hydrogens (tertiary/aromatic N) is 2. The van der Waals surface area contributed by atoms with Crippen LogP contribution < -0.4 is 5.56 Å². The van der Waals surface area contributed by atoms with E-state index in [2.05, 4.69) is 21.0 Å². The third-order valence-electron chi connectivity index (χ3n) is 4.20. The van der Waals surface area contributed by atoms with Gasteiger partial charge in [0.25, 0.3) is 5.56 Å². The second kappa shape index (κ2) is 7.28. The summed E-state index contributed by atoms with van der Waals surface area (Å²) in [4.78, 5) is 25.1. The molecule has 6 nitrogen and oxygen atoms in total. The summed E-state index contributed by atoms with van der Waals surface area (Å²) in [5.41, 5.74) is 1.91. The third-order valence-corrected chi connectivity index (χ3v) is 4.66. The van der Waals surface area contributed by atoms with Crippen LogP contribution in [-0.4, -0.2) is 21.2 Å². The van der Waals surface area contributed by atoms with E-state index in [1.165, 1.54) is 0 Å².